The second kappa shape index (κ2) is 14.1. The van der Waals surface area contributed by atoms with E-state index in [9.17, 15) is 0 Å². The second-order valence-electron chi connectivity index (χ2n) is 13.3. The number of hydrogen-bond donors (Lipinski definition) is 0. The zero-order valence-electron chi connectivity index (χ0n) is 26.4. The third-order valence-electron chi connectivity index (χ3n) is 8.15. The van der Waals surface area contributed by atoms with Crippen molar-refractivity contribution in [2.24, 2.45) is 0 Å². The van der Waals surface area contributed by atoms with Gasteiger partial charge in [0.05, 0.1) is 0 Å². The van der Waals surface area contributed by atoms with Crippen LogP contribution in [0.3, 0.4) is 0 Å². The first kappa shape index (κ1) is 35.0. The average molecular weight is 684 g/mol. The van der Waals surface area contributed by atoms with E-state index in [1.54, 1.807) is 0 Å². The third-order valence-corrected chi connectivity index (χ3v) is 9.57. The van der Waals surface area contributed by atoms with Crippen molar-refractivity contribution in [1.82, 2.24) is 0 Å². The summed E-state index contributed by atoms with van der Waals surface area (Å²) in [5.74, 6) is 0. The van der Waals surface area contributed by atoms with Crippen LogP contribution in [0.5, 0.6) is 0 Å². The van der Waals surface area contributed by atoms with Crippen LogP contribution in [0.15, 0.2) is 115 Å². The van der Waals surface area contributed by atoms with Crippen LogP contribution in [0.4, 0.5) is 0 Å². The molecule has 0 fully saturated rings. The molecular weight excluding hydrogens is 643 g/mol. The molecule has 0 amide bonds. The van der Waals surface area contributed by atoms with Crippen molar-refractivity contribution >= 4 is 30.3 Å². The van der Waals surface area contributed by atoms with E-state index in [2.05, 4.69) is 158 Å². The SMILES string of the molecule is CC1=C(c2c(C(C)(C)C)ccc3c2[cH-]c2cc(C(C)(C)C)ccc23)CC=C1.[Cl-].[Cl-].[Zr+2]=[C](c1ccccc1)c1ccccc1. The molecule has 0 atom stereocenters. The van der Waals surface area contributed by atoms with Gasteiger partial charge in [-0.15, -0.1) is 33.7 Å². The van der Waals surface area contributed by atoms with Crippen LogP contribution in [-0.4, -0.2) is 3.21 Å². The number of fused-ring (bicyclic) bond motifs is 3. The molecule has 43 heavy (non-hydrogen) atoms. The average Bonchev–Trinajstić information content (AvgIpc) is 3.55. The minimum atomic E-state index is 0. The van der Waals surface area contributed by atoms with Crippen LogP contribution >= 0.6 is 0 Å². The number of halogens is 2. The zero-order chi connectivity index (χ0) is 29.4. The van der Waals surface area contributed by atoms with Crippen molar-refractivity contribution in [3.05, 3.63) is 143 Å². The van der Waals surface area contributed by atoms with Crippen molar-refractivity contribution < 1.29 is 49.0 Å². The first-order valence-corrected chi connectivity index (χ1v) is 15.9. The molecule has 0 unspecified atom stereocenters. The molecule has 0 bridgehead atoms. The van der Waals surface area contributed by atoms with Gasteiger partial charge in [-0.3, -0.25) is 0 Å². The van der Waals surface area contributed by atoms with Crippen LogP contribution < -0.4 is 24.8 Å². The fourth-order valence-corrected chi connectivity index (χ4v) is 6.61. The third kappa shape index (κ3) is 7.63. The molecule has 6 rings (SSSR count). The molecular formula is C40H41Cl2Zr-. The molecule has 0 heterocycles. The maximum absolute atomic E-state index is 2.43. The first-order chi connectivity index (χ1) is 19.4. The predicted molar refractivity (Wildman–Crippen MR) is 177 cm³/mol. The molecule has 0 N–H and O–H groups in total. The van der Waals surface area contributed by atoms with Crippen molar-refractivity contribution in [2.75, 3.05) is 0 Å². The fourth-order valence-electron chi connectivity index (χ4n) is 5.79. The van der Waals surface area contributed by atoms with Crippen LogP contribution in [0.1, 0.15) is 82.7 Å². The second-order valence-corrected chi connectivity index (χ2v) is 14.5. The van der Waals surface area contributed by atoms with E-state index < -0.39 is 0 Å². The Balaban J connectivity index is 0.000000269. The van der Waals surface area contributed by atoms with Gasteiger partial charge in [-0.25, -0.2) is 0 Å². The number of rotatable bonds is 3. The number of allylic oxidation sites excluding steroid dienone is 4. The Morgan fingerprint density at radius 3 is 1.74 bits per heavy atom. The molecule has 1 aliphatic carbocycles. The summed E-state index contributed by atoms with van der Waals surface area (Å²) < 4.78 is 1.42. The summed E-state index contributed by atoms with van der Waals surface area (Å²) >= 11 is 1.46. The molecule has 0 radical (unpaired) electrons. The minimum absolute atomic E-state index is 0. The Morgan fingerprint density at radius 1 is 0.698 bits per heavy atom. The van der Waals surface area contributed by atoms with Gasteiger partial charge in [0, 0.05) is 0 Å². The summed E-state index contributed by atoms with van der Waals surface area (Å²) in [5.41, 5.74) is 10.2. The molecule has 1 aliphatic rings. The Labute approximate surface area is 285 Å². The molecule has 5 aromatic carbocycles. The van der Waals surface area contributed by atoms with Crippen molar-refractivity contribution in [3.63, 3.8) is 0 Å². The van der Waals surface area contributed by atoms with Gasteiger partial charge >= 0.3 is 99.2 Å². The van der Waals surface area contributed by atoms with E-state index in [4.69, 9.17) is 0 Å². The molecule has 0 spiro atoms. The number of benzene rings is 4. The van der Waals surface area contributed by atoms with Crippen LogP contribution in [0.2, 0.25) is 0 Å². The molecule has 0 aromatic heterocycles. The maximum atomic E-state index is 2.43. The summed E-state index contributed by atoms with van der Waals surface area (Å²) in [6.07, 6.45) is 5.63. The van der Waals surface area contributed by atoms with E-state index in [0.717, 1.165) is 6.42 Å². The Morgan fingerprint density at radius 2 is 1.26 bits per heavy atom. The van der Waals surface area contributed by atoms with E-state index in [0.29, 0.717) is 0 Å². The number of hydrogen-bond acceptors (Lipinski definition) is 0. The Kier molecular flexibility index (Phi) is 11.5. The van der Waals surface area contributed by atoms with Crippen molar-refractivity contribution in [2.45, 2.75) is 65.7 Å². The van der Waals surface area contributed by atoms with Gasteiger partial charge in [-0.2, -0.15) is 0 Å². The van der Waals surface area contributed by atoms with Crippen LogP contribution in [-0.2, 0) is 35.1 Å². The topological polar surface area (TPSA) is 0 Å². The summed E-state index contributed by atoms with van der Waals surface area (Å²) in [6.45, 7) is 16.1. The van der Waals surface area contributed by atoms with Gasteiger partial charge < -0.3 is 24.8 Å². The normalized spacial score (nSPS) is 13.0. The van der Waals surface area contributed by atoms with E-state index >= 15 is 0 Å². The van der Waals surface area contributed by atoms with Gasteiger partial charge in [-0.1, -0.05) is 106 Å². The molecule has 5 aromatic rings. The van der Waals surface area contributed by atoms with Crippen LogP contribution in [0, 0.1) is 0 Å². The fraction of sp³-hybridized carbons (Fsp3) is 0.250. The first-order valence-electron chi connectivity index (χ1n) is 14.7. The van der Waals surface area contributed by atoms with E-state index in [-0.39, 0.29) is 35.6 Å². The van der Waals surface area contributed by atoms with Gasteiger partial charge in [-0.05, 0) is 24.2 Å². The molecule has 3 heteroatoms. The summed E-state index contributed by atoms with van der Waals surface area (Å²) in [5, 5.41) is 5.56. The molecule has 220 valence electrons. The van der Waals surface area contributed by atoms with Gasteiger partial charge in [0.2, 0.25) is 0 Å². The van der Waals surface area contributed by atoms with Gasteiger partial charge in [0.25, 0.3) is 0 Å². The quantitative estimate of drug-likeness (QED) is 0.239. The van der Waals surface area contributed by atoms with E-state index in [1.807, 2.05) is 0 Å². The van der Waals surface area contributed by atoms with Crippen molar-refractivity contribution in [3.8, 4) is 0 Å². The molecule has 0 nitrogen and oxygen atoms in total. The summed E-state index contributed by atoms with van der Waals surface area (Å²) in [6, 6.07) is 35.3. The van der Waals surface area contributed by atoms with Gasteiger partial charge in [0.1, 0.15) is 0 Å². The Bertz CT molecular complexity index is 1730. The Hall–Kier alpha value is -2.44. The van der Waals surface area contributed by atoms with Crippen molar-refractivity contribution in [1.29, 1.82) is 0 Å². The summed E-state index contributed by atoms with van der Waals surface area (Å²) in [7, 11) is 0. The molecule has 0 saturated carbocycles. The molecule has 0 saturated heterocycles. The van der Waals surface area contributed by atoms with Gasteiger partial charge in [0.15, 0.2) is 0 Å². The standard InChI is InChI=1S/C27H31.C13H10.2ClH.Zr/c1-17-9-8-10-20(17)25-23-16-18-15-19(26(2,3)4)11-12-21(18)22(23)13-14-24(25)27(5,6)7;1-3-7-12(8-4-1)11-13-9-5-2-6-10-13;;;/h8-9,11-16H,10H2,1-7H3;1-10H;2*1H;/q-1;;;;+2/p-2. The monoisotopic (exact) mass is 681 g/mol. The van der Waals surface area contributed by atoms with E-state index in [1.165, 1.54) is 87.9 Å². The summed E-state index contributed by atoms with van der Waals surface area (Å²) in [4.78, 5) is 0. The van der Waals surface area contributed by atoms with Crippen LogP contribution in [0.25, 0.3) is 27.1 Å². The predicted octanol–water partition coefficient (Wildman–Crippen LogP) is 4.85. The molecule has 0 aliphatic heterocycles. The zero-order valence-corrected chi connectivity index (χ0v) is 30.3.